The number of para-hydroxylation sites is 1. The van der Waals surface area contributed by atoms with Crippen LogP contribution in [0.4, 0.5) is 0 Å². The highest BCUT2D eigenvalue weighted by atomic mass is 16.5. The van der Waals surface area contributed by atoms with Crippen LogP contribution in [-0.2, 0) is 4.74 Å². The zero-order valence-corrected chi connectivity index (χ0v) is 17.4. The van der Waals surface area contributed by atoms with Crippen LogP contribution in [-0.4, -0.2) is 32.2 Å². The maximum atomic E-state index is 13.2. The molecule has 0 aliphatic heterocycles. The Hall–Kier alpha value is -4.46. The second-order valence-corrected chi connectivity index (χ2v) is 7.14. The minimum absolute atomic E-state index is 0.249. The highest BCUT2D eigenvalue weighted by Gasteiger charge is 2.21. The van der Waals surface area contributed by atoms with Crippen LogP contribution in [0.15, 0.2) is 77.9 Å². The molecule has 32 heavy (non-hydrogen) atoms. The molecule has 0 fully saturated rings. The average molecular weight is 426 g/mol. The Labute approximate surface area is 182 Å². The standard InChI is InChI=1S/C24H18N4O4/c1-15-21(24(30)31-2)22-25-14-19-20(28(22)26-15)12-13-27(23(19)29)16-8-10-18(11-9-16)32-17-6-4-3-5-7-17/h3-14H,1-2H3. The molecule has 0 N–H and O–H groups in total. The summed E-state index contributed by atoms with van der Waals surface area (Å²) in [6.45, 7) is 1.70. The number of aryl methyl sites for hydroxylation is 1. The molecule has 8 heteroatoms. The molecule has 0 saturated heterocycles. The molecule has 5 aromatic rings. The van der Waals surface area contributed by atoms with Crippen LogP contribution in [0.1, 0.15) is 16.1 Å². The van der Waals surface area contributed by atoms with E-state index in [2.05, 4.69) is 10.1 Å². The van der Waals surface area contributed by atoms with Gasteiger partial charge in [-0.15, -0.1) is 0 Å². The lowest BCUT2D eigenvalue weighted by molar-refractivity contribution is 0.0602. The van der Waals surface area contributed by atoms with E-state index in [1.54, 1.807) is 31.3 Å². The van der Waals surface area contributed by atoms with Crippen molar-refractivity contribution in [1.29, 1.82) is 0 Å². The molecule has 3 aromatic heterocycles. The van der Waals surface area contributed by atoms with E-state index >= 15 is 0 Å². The summed E-state index contributed by atoms with van der Waals surface area (Å²) < 4.78 is 13.7. The van der Waals surface area contributed by atoms with Gasteiger partial charge in [0.1, 0.15) is 17.1 Å². The molecule has 0 aliphatic rings. The fourth-order valence-electron chi connectivity index (χ4n) is 3.62. The van der Waals surface area contributed by atoms with Gasteiger partial charge in [-0.1, -0.05) is 18.2 Å². The maximum Gasteiger partial charge on any atom is 0.343 e. The topological polar surface area (TPSA) is 87.7 Å². The van der Waals surface area contributed by atoms with E-state index in [0.29, 0.717) is 33.7 Å². The van der Waals surface area contributed by atoms with Gasteiger partial charge in [0.25, 0.3) is 5.56 Å². The molecule has 0 radical (unpaired) electrons. The largest absolute Gasteiger partial charge is 0.465 e. The van der Waals surface area contributed by atoms with E-state index in [1.165, 1.54) is 22.4 Å². The number of esters is 1. The third-order valence-corrected chi connectivity index (χ3v) is 5.17. The van der Waals surface area contributed by atoms with Crippen LogP contribution in [0.5, 0.6) is 11.5 Å². The average Bonchev–Trinajstić information content (AvgIpc) is 3.16. The van der Waals surface area contributed by atoms with E-state index in [9.17, 15) is 9.59 Å². The van der Waals surface area contributed by atoms with Crippen molar-refractivity contribution >= 4 is 22.5 Å². The monoisotopic (exact) mass is 426 g/mol. The van der Waals surface area contributed by atoms with Gasteiger partial charge in [0.05, 0.1) is 23.7 Å². The molecule has 0 spiro atoms. The molecular formula is C24H18N4O4. The molecule has 0 amide bonds. The summed E-state index contributed by atoms with van der Waals surface area (Å²) in [6.07, 6.45) is 3.13. The predicted octanol–water partition coefficient (Wildman–Crippen LogP) is 3.92. The number of nitrogens with zero attached hydrogens (tertiary/aromatic N) is 4. The first-order valence-electron chi connectivity index (χ1n) is 9.88. The molecule has 0 aliphatic carbocycles. The van der Waals surface area contributed by atoms with E-state index in [4.69, 9.17) is 9.47 Å². The fraction of sp³-hybridized carbons (Fsp3) is 0.0833. The fourth-order valence-corrected chi connectivity index (χ4v) is 3.62. The van der Waals surface area contributed by atoms with Crippen LogP contribution in [0.25, 0.3) is 22.2 Å². The minimum atomic E-state index is -0.518. The van der Waals surface area contributed by atoms with E-state index in [0.717, 1.165) is 5.75 Å². The van der Waals surface area contributed by atoms with Crippen LogP contribution in [0.3, 0.4) is 0 Å². The molecule has 0 saturated carbocycles. The third-order valence-electron chi connectivity index (χ3n) is 5.17. The molecule has 2 aromatic carbocycles. The van der Waals surface area contributed by atoms with Crippen molar-refractivity contribution in [3.8, 4) is 17.2 Å². The highest BCUT2D eigenvalue weighted by molar-refractivity contribution is 5.98. The Morgan fingerprint density at radius 1 is 0.969 bits per heavy atom. The van der Waals surface area contributed by atoms with Crippen LogP contribution in [0.2, 0.25) is 0 Å². The summed E-state index contributed by atoms with van der Waals surface area (Å²) >= 11 is 0. The normalized spacial score (nSPS) is 11.1. The SMILES string of the molecule is COC(=O)c1c(C)nn2c1ncc1c(=O)n(-c3ccc(Oc4ccccc4)cc3)ccc12. The molecule has 0 unspecified atom stereocenters. The van der Waals surface area contributed by atoms with Gasteiger partial charge in [-0.2, -0.15) is 5.10 Å². The van der Waals surface area contributed by atoms with Crippen molar-refractivity contribution in [3.05, 3.63) is 94.7 Å². The first-order valence-corrected chi connectivity index (χ1v) is 9.88. The Morgan fingerprint density at radius 3 is 2.41 bits per heavy atom. The number of pyridine rings is 1. The lowest BCUT2D eigenvalue weighted by atomic mass is 10.2. The summed E-state index contributed by atoms with van der Waals surface area (Å²) in [4.78, 5) is 29.6. The van der Waals surface area contributed by atoms with Gasteiger partial charge in [0.15, 0.2) is 5.65 Å². The van der Waals surface area contributed by atoms with Gasteiger partial charge in [0.2, 0.25) is 0 Å². The summed E-state index contributed by atoms with van der Waals surface area (Å²) in [6, 6.07) is 18.5. The number of carbonyl (C=O) groups excluding carboxylic acids is 1. The molecule has 0 atom stereocenters. The number of aromatic nitrogens is 4. The van der Waals surface area contributed by atoms with Gasteiger partial charge >= 0.3 is 5.97 Å². The number of hydrogen-bond donors (Lipinski definition) is 0. The highest BCUT2D eigenvalue weighted by Crippen LogP contribution is 2.23. The Morgan fingerprint density at radius 2 is 1.69 bits per heavy atom. The van der Waals surface area contributed by atoms with E-state index < -0.39 is 5.97 Å². The van der Waals surface area contributed by atoms with Gasteiger partial charge < -0.3 is 9.47 Å². The molecule has 5 rings (SSSR count). The Bertz CT molecular complexity index is 1520. The van der Waals surface area contributed by atoms with E-state index in [1.807, 2.05) is 42.5 Å². The second kappa shape index (κ2) is 7.66. The Kier molecular flexibility index (Phi) is 4.67. The minimum Gasteiger partial charge on any atom is -0.465 e. The number of hydrogen-bond acceptors (Lipinski definition) is 6. The molecular weight excluding hydrogens is 408 g/mol. The smallest absolute Gasteiger partial charge is 0.343 e. The maximum absolute atomic E-state index is 13.2. The zero-order chi connectivity index (χ0) is 22.2. The number of methoxy groups -OCH3 is 1. The van der Waals surface area contributed by atoms with Crippen molar-refractivity contribution < 1.29 is 14.3 Å². The number of rotatable bonds is 4. The van der Waals surface area contributed by atoms with Gasteiger partial charge in [-0.3, -0.25) is 9.36 Å². The second-order valence-electron chi connectivity index (χ2n) is 7.14. The number of carbonyl (C=O) groups is 1. The number of benzene rings is 2. The molecule has 158 valence electrons. The molecule has 0 bridgehead atoms. The predicted molar refractivity (Wildman–Crippen MR) is 119 cm³/mol. The van der Waals surface area contributed by atoms with Crippen LogP contribution in [0, 0.1) is 6.92 Å². The molecule has 3 heterocycles. The van der Waals surface area contributed by atoms with Crippen molar-refractivity contribution in [1.82, 2.24) is 19.2 Å². The van der Waals surface area contributed by atoms with Gasteiger partial charge in [-0.25, -0.2) is 14.3 Å². The summed E-state index contributed by atoms with van der Waals surface area (Å²) in [7, 11) is 1.31. The lowest BCUT2D eigenvalue weighted by Crippen LogP contribution is -2.18. The quantitative estimate of drug-likeness (QED) is 0.405. The van der Waals surface area contributed by atoms with Crippen molar-refractivity contribution in [2.24, 2.45) is 0 Å². The third kappa shape index (κ3) is 3.18. The number of ether oxygens (including phenoxy) is 2. The Balaban J connectivity index is 1.56. The van der Waals surface area contributed by atoms with Crippen LogP contribution < -0.4 is 10.3 Å². The van der Waals surface area contributed by atoms with Crippen molar-refractivity contribution in [2.45, 2.75) is 6.92 Å². The van der Waals surface area contributed by atoms with Crippen molar-refractivity contribution in [3.63, 3.8) is 0 Å². The van der Waals surface area contributed by atoms with Gasteiger partial charge in [0, 0.05) is 18.1 Å². The first kappa shape index (κ1) is 19.5. The summed E-state index contributed by atoms with van der Waals surface area (Å²) in [5, 5.41) is 4.77. The summed E-state index contributed by atoms with van der Waals surface area (Å²) in [5.74, 6) is 0.883. The van der Waals surface area contributed by atoms with Gasteiger partial charge in [-0.05, 0) is 49.4 Å². The summed E-state index contributed by atoms with van der Waals surface area (Å²) in [5.41, 5.74) is 2.10. The molecule has 8 nitrogen and oxygen atoms in total. The zero-order valence-electron chi connectivity index (χ0n) is 17.4. The lowest BCUT2D eigenvalue weighted by Gasteiger charge is -2.10. The van der Waals surface area contributed by atoms with Crippen LogP contribution >= 0.6 is 0 Å². The van der Waals surface area contributed by atoms with E-state index in [-0.39, 0.29) is 11.1 Å². The first-order chi connectivity index (χ1) is 15.6. The number of fused-ring (bicyclic) bond motifs is 3. The van der Waals surface area contributed by atoms with Crippen molar-refractivity contribution in [2.75, 3.05) is 7.11 Å².